The number of ether oxygens (including phenoxy) is 1. The summed E-state index contributed by atoms with van der Waals surface area (Å²) in [5, 5.41) is 0. The van der Waals surface area contributed by atoms with Crippen molar-refractivity contribution in [1.82, 2.24) is 0 Å². The fraction of sp³-hybridized carbons (Fsp3) is 0.286. The maximum absolute atomic E-state index is 4.92. The lowest BCUT2D eigenvalue weighted by atomic mass is 10.2. The van der Waals surface area contributed by atoms with E-state index in [1.54, 1.807) is 6.26 Å². The molecular weight excluding hydrogens is 100 g/mol. The Hall–Kier alpha value is -0.720. The molecule has 8 heavy (non-hydrogen) atoms. The highest BCUT2D eigenvalue weighted by Crippen LogP contribution is 2.05. The van der Waals surface area contributed by atoms with Crippen molar-refractivity contribution in [3.05, 3.63) is 30.9 Å². The van der Waals surface area contributed by atoms with Gasteiger partial charge in [-0.25, -0.2) is 0 Å². The highest BCUT2D eigenvalue weighted by atomic mass is 16.5. The first-order chi connectivity index (χ1) is 3.93. The lowest BCUT2D eigenvalue weighted by molar-refractivity contribution is 0.284. The van der Waals surface area contributed by atoms with Gasteiger partial charge in [0, 0.05) is 0 Å². The molecule has 1 rings (SSSR count). The summed E-state index contributed by atoms with van der Waals surface area (Å²) >= 11 is 0. The van der Waals surface area contributed by atoms with Gasteiger partial charge in [-0.2, -0.15) is 0 Å². The average Bonchev–Trinajstić information content (AvgIpc) is 1.90. The Balaban J connectivity index is 2.51. The molecule has 0 aromatic rings. The molecule has 0 aromatic heterocycles. The van der Waals surface area contributed by atoms with Crippen LogP contribution in [0.3, 0.4) is 0 Å². The fourth-order valence-electron chi connectivity index (χ4n) is 0.600. The van der Waals surface area contributed by atoms with Crippen LogP contribution in [0.4, 0.5) is 0 Å². The molecule has 0 N–H and O–H groups in total. The third-order valence-electron chi connectivity index (χ3n) is 1.11. The zero-order chi connectivity index (χ0) is 5.82. The lowest BCUT2D eigenvalue weighted by Gasteiger charge is -2.03. The molecular formula is C7H9O. The second-order valence-corrected chi connectivity index (χ2v) is 1.67. The van der Waals surface area contributed by atoms with Crippen LogP contribution in [0, 0.1) is 6.92 Å². The van der Waals surface area contributed by atoms with Gasteiger partial charge in [-0.05, 0) is 31.1 Å². The van der Waals surface area contributed by atoms with Gasteiger partial charge in [-0.15, -0.1) is 0 Å². The van der Waals surface area contributed by atoms with Crippen LogP contribution in [0.1, 0.15) is 6.42 Å². The van der Waals surface area contributed by atoms with Gasteiger partial charge in [0.25, 0.3) is 0 Å². The maximum Gasteiger partial charge on any atom is 0.106 e. The Morgan fingerprint density at radius 3 is 3.00 bits per heavy atom. The SMILES string of the molecule is [CH2]CC1=CCOC=C1. The van der Waals surface area contributed by atoms with E-state index in [2.05, 4.69) is 6.92 Å². The number of hydrogen-bond donors (Lipinski definition) is 0. The van der Waals surface area contributed by atoms with Crippen molar-refractivity contribution in [2.45, 2.75) is 6.42 Å². The van der Waals surface area contributed by atoms with Crippen LogP contribution in [-0.4, -0.2) is 6.61 Å². The summed E-state index contributed by atoms with van der Waals surface area (Å²) < 4.78 is 4.92. The van der Waals surface area contributed by atoms with Crippen molar-refractivity contribution in [1.29, 1.82) is 0 Å². The van der Waals surface area contributed by atoms with Crippen molar-refractivity contribution in [2.75, 3.05) is 6.61 Å². The van der Waals surface area contributed by atoms with E-state index in [4.69, 9.17) is 4.74 Å². The van der Waals surface area contributed by atoms with Crippen LogP contribution in [-0.2, 0) is 4.74 Å². The Bertz CT molecular complexity index is 122. The van der Waals surface area contributed by atoms with Gasteiger partial charge in [0.1, 0.15) is 6.61 Å². The molecule has 1 heteroatoms. The average molecular weight is 109 g/mol. The van der Waals surface area contributed by atoms with Gasteiger partial charge < -0.3 is 4.74 Å². The van der Waals surface area contributed by atoms with Gasteiger partial charge in [0.15, 0.2) is 0 Å². The van der Waals surface area contributed by atoms with Crippen molar-refractivity contribution < 1.29 is 4.74 Å². The molecule has 0 saturated carbocycles. The summed E-state index contributed by atoms with van der Waals surface area (Å²) in [6.45, 7) is 4.44. The minimum absolute atomic E-state index is 0.710. The second-order valence-electron chi connectivity index (χ2n) is 1.67. The molecule has 0 amide bonds. The molecule has 0 unspecified atom stereocenters. The predicted molar refractivity (Wildman–Crippen MR) is 33.1 cm³/mol. The number of rotatable bonds is 1. The molecule has 1 aliphatic rings. The molecule has 0 aromatic carbocycles. The smallest absolute Gasteiger partial charge is 0.106 e. The topological polar surface area (TPSA) is 9.23 Å². The minimum Gasteiger partial charge on any atom is -0.497 e. The summed E-state index contributed by atoms with van der Waals surface area (Å²) in [6.07, 6.45) is 6.55. The fourth-order valence-corrected chi connectivity index (χ4v) is 0.600. The van der Waals surface area contributed by atoms with Gasteiger partial charge in [0.2, 0.25) is 0 Å². The van der Waals surface area contributed by atoms with E-state index < -0.39 is 0 Å². The zero-order valence-corrected chi connectivity index (χ0v) is 4.76. The standard InChI is InChI=1S/C7H9O/c1-2-7-3-5-8-6-4-7/h3-5H,1-2,6H2. The molecule has 1 heterocycles. The van der Waals surface area contributed by atoms with Gasteiger partial charge in [-0.3, -0.25) is 0 Å². The Kier molecular flexibility index (Phi) is 1.73. The van der Waals surface area contributed by atoms with Crippen molar-refractivity contribution in [3.63, 3.8) is 0 Å². The first-order valence-electron chi connectivity index (χ1n) is 2.70. The first kappa shape index (κ1) is 5.42. The van der Waals surface area contributed by atoms with E-state index in [0.717, 1.165) is 6.42 Å². The molecule has 0 saturated heterocycles. The van der Waals surface area contributed by atoms with Crippen molar-refractivity contribution >= 4 is 0 Å². The predicted octanol–water partition coefficient (Wildman–Crippen LogP) is 1.68. The first-order valence-corrected chi connectivity index (χ1v) is 2.70. The number of hydrogen-bond acceptors (Lipinski definition) is 1. The Labute approximate surface area is 49.7 Å². The van der Waals surface area contributed by atoms with E-state index in [0.29, 0.717) is 6.61 Å². The molecule has 1 nitrogen and oxygen atoms in total. The highest BCUT2D eigenvalue weighted by molar-refractivity contribution is 5.19. The molecule has 1 aliphatic heterocycles. The lowest BCUT2D eigenvalue weighted by Crippen LogP contribution is -1.90. The third-order valence-corrected chi connectivity index (χ3v) is 1.11. The van der Waals surface area contributed by atoms with Crippen LogP contribution in [0.25, 0.3) is 0 Å². The van der Waals surface area contributed by atoms with E-state index >= 15 is 0 Å². The Morgan fingerprint density at radius 2 is 2.62 bits per heavy atom. The van der Waals surface area contributed by atoms with E-state index in [1.807, 2.05) is 12.2 Å². The molecule has 0 atom stereocenters. The van der Waals surface area contributed by atoms with Crippen molar-refractivity contribution in [2.24, 2.45) is 0 Å². The monoisotopic (exact) mass is 109 g/mol. The van der Waals surface area contributed by atoms with Crippen LogP contribution in [0.2, 0.25) is 0 Å². The maximum atomic E-state index is 4.92. The van der Waals surface area contributed by atoms with Gasteiger partial charge >= 0.3 is 0 Å². The van der Waals surface area contributed by atoms with E-state index in [-0.39, 0.29) is 0 Å². The highest BCUT2D eigenvalue weighted by Gasteiger charge is 1.91. The van der Waals surface area contributed by atoms with Crippen molar-refractivity contribution in [3.8, 4) is 0 Å². The molecule has 0 bridgehead atoms. The molecule has 0 fully saturated rings. The summed E-state index contributed by atoms with van der Waals surface area (Å²) in [4.78, 5) is 0. The summed E-state index contributed by atoms with van der Waals surface area (Å²) in [5.41, 5.74) is 1.26. The van der Waals surface area contributed by atoms with E-state index in [1.165, 1.54) is 5.57 Å². The quantitative estimate of drug-likeness (QED) is 0.497. The summed E-state index contributed by atoms with van der Waals surface area (Å²) in [6, 6.07) is 0. The molecule has 1 radical (unpaired) electrons. The summed E-state index contributed by atoms with van der Waals surface area (Å²) in [7, 11) is 0. The normalized spacial score (nSPS) is 17.4. The van der Waals surface area contributed by atoms with Gasteiger partial charge in [-0.1, -0.05) is 0 Å². The summed E-state index contributed by atoms with van der Waals surface area (Å²) in [5.74, 6) is 0. The Morgan fingerprint density at radius 1 is 1.75 bits per heavy atom. The zero-order valence-electron chi connectivity index (χ0n) is 4.76. The van der Waals surface area contributed by atoms with Crippen LogP contribution in [0.5, 0.6) is 0 Å². The van der Waals surface area contributed by atoms with E-state index in [9.17, 15) is 0 Å². The number of allylic oxidation sites excluding steroid dienone is 2. The minimum atomic E-state index is 0.710. The third kappa shape index (κ3) is 1.12. The van der Waals surface area contributed by atoms with Crippen LogP contribution < -0.4 is 0 Å². The van der Waals surface area contributed by atoms with Crippen LogP contribution >= 0.6 is 0 Å². The largest absolute Gasteiger partial charge is 0.497 e. The van der Waals surface area contributed by atoms with Crippen LogP contribution in [0.15, 0.2) is 24.0 Å². The molecule has 0 aliphatic carbocycles. The van der Waals surface area contributed by atoms with Gasteiger partial charge in [0.05, 0.1) is 6.26 Å². The molecule has 0 spiro atoms. The molecule has 43 valence electrons. The second kappa shape index (κ2) is 2.55.